The van der Waals surface area contributed by atoms with E-state index >= 15 is 0 Å². The first-order chi connectivity index (χ1) is 16.9. The van der Waals surface area contributed by atoms with Gasteiger partial charge in [-0.1, -0.05) is 24.6 Å². The first-order valence-corrected chi connectivity index (χ1v) is 12.3. The van der Waals surface area contributed by atoms with E-state index in [0.29, 0.717) is 61.3 Å². The number of benzene rings is 1. The minimum atomic E-state index is -0.323. The highest BCUT2D eigenvalue weighted by Gasteiger charge is 2.31. The first kappa shape index (κ1) is 23.6. The molecule has 0 aliphatic carbocycles. The van der Waals surface area contributed by atoms with Gasteiger partial charge in [-0.3, -0.25) is 9.48 Å². The van der Waals surface area contributed by atoms with Gasteiger partial charge < -0.3 is 19.3 Å². The minimum absolute atomic E-state index is 0.0959. The molecule has 2 fully saturated rings. The Kier molecular flexibility index (Phi) is 6.62. The summed E-state index contributed by atoms with van der Waals surface area (Å²) in [6, 6.07) is 7.33. The number of carbonyl (C=O) groups is 2. The number of carbonyl (C=O) groups excluding carboxylic acids is 2. The third-order valence-corrected chi connectivity index (χ3v) is 6.79. The number of pyridine rings is 1. The number of ether oxygens (including phenoxy) is 2. The predicted octanol–water partition coefficient (Wildman–Crippen LogP) is 4.02. The van der Waals surface area contributed by atoms with E-state index in [1.165, 1.54) is 0 Å². The standard InChI is InChI=1S/C25H28ClN5O4/c1-3-8-35-25(33)30-7-6-29(12-16(30)2)24(32)17-4-5-20-21(26)10-22(28-23(20)9-17)18-11-27-31(13-18)19-14-34-15-19/h4-5,9-11,13,16,19H,3,6-8,12,14-15H2,1-2H3/t16-/m1/s1. The summed E-state index contributed by atoms with van der Waals surface area (Å²) in [5, 5.41) is 5.78. The van der Waals surface area contributed by atoms with Crippen molar-refractivity contribution in [2.45, 2.75) is 32.4 Å². The van der Waals surface area contributed by atoms with Gasteiger partial charge in [0.25, 0.3) is 5.91 Å². The lowest BCUT2D eigenvalue weighted by molar-refractivity contribution is -0.0286. The van der Waals surface area contributed by atoms with Crippen LogP contribution in [-0.4, -0.2) is 82.1 Å². The van der Waals surface area contributed by atoms with Crippen LogP contribution in [0.5, 0.6) is 0 Å². The van der Waals surface area contributed by atoms with Crippen molar-refractivity contribution in [1.29, 1.82) is 0 Å². The van der Waals surface area contributed by atoms with Crippen molar-refractivity contribution < 1.29 is 19.1 Å². The predicted molar refractivity (Wildman–Crippen MR) is 132 cm³/mol. The Labute approximate surface area is 208 Å². The lowest BCUT2D eigenvalue weighted by Crippen LogP contribution is -2.55. The number of piperazine rings is 1. The van der Waals surface area contributed by atoms with Gasteiger partial charge in [0.15, 0.2) is 0 Å². The summed E-state index contributed by atoms with van der Waals surface area (Å²) in [6.07, 6.45) is 4.16. The maximum atomic E-state index is 13.3. The molecule has 5 rings (SSSR count). The van der Waals surface area contributed by atoms with Gasteiger partial charge in [-0.15, -0.1) is 0 Å². The minimum Gasteiger partial charge on any atom is -0.449 e. The van der Waals surface area contributed by atoms with E-state index in [4.69, 9.17) is 26.1 Å². The van der Waals surface area contributed by atoms with Crippen molar-refractivity contribution in [3.8, 4) is 11.3 Å². The van der Waals surface area contributed by atoms with Crippen LogP contribution in [-0.2, 0) is 9.47 Å². The average Bonchev–Trinajstić information content (AvgIpc) is 3.30. The van der Waals surface area contributed by atoms with E-state index in [9.17, 15) is 9.59 Å². The molecule has 2 aliphatic heterocycles. The summed E-state index contributed by atoms with van der Waals surface area (Å²) >= 11 is 6.57. The normalized spacial score (nSPS) is 18.5. The molecule has 184 valence electrons. The molecule has 4 heterocycles. The highest BCUT2D eigenvalue weighted by atomic mass is 35.5. The topological polar surface area (TPSA) is 89.8 Å². The molecule has 0 unspecified atom stereocenters. The molecule has 0 saturated carbocycles. The molecular weight excluding hydrogens is 470 g/mol. The Bertz CT molecular complexity index is 1260. The van der Waals surface area contributed by atoms with Gasteiger partial charge in [0.1, 0.15) is 0 Å². The van der Waals surface area contributed by atoms with Crippen LogP contribution in [0.3, 0.4) is 0 Å². The molecule has 0 spiro atoms. The van der Waals surface area contributed by atoms with Crippen molar-refractivity contribution in [2.24, 2.45) is 0 Å². The van der Waals surface area contributed by atoms with Crippen LogP contribution in [0.2, 0.25) is 5.02 Å². The van der Waals surface area contributed by atoms with Crippen LogP contribution >= 0.6 is 11.6 Å². The van der Waals surface area contributed by atoms with Crippen LogP contribution in [0.15, 0.2) is 36.7 Å². The summed E-state index contributed by atoms with van der Waals surface area (Å²) in [5.41, 5.74) is 2.74. The SMILES string of the molecule is CCCOC(=O)N1CCN(C(=O)c2ccc3c(Cl)cc(-c4cnn(C5COC5)c4)nc3c2)C[C@H]1C. The maximum Gasteiger partial charge on any atom is 0.410 e. The summed E-state index contributed by atoms with van der Waals surface area (Å²) in [6.45, 7) is 6.92. The molecule has 9 nitrogen and oxygen atoms in total. The van der Waals surface area contributed by atoms with E-state index in [1.807, 2.05) is 36.9 Å². The van der Waals surface area contributed by atoms with Gasteiger partial charge in [-0.2, -0.15) is 5.10 Å². The Morgan fingerprint density at radius 1 is 1.23 bits per heavy atom. The quantitative estimate of drug-likeness (QED) is 0.529. The highest BCUT2D eigenvalue weighted by Crippen LogP contribution is 2.30. The molecule has 1 aromatic carbocycles. The molecule has 0 radical (unpaired) electrons. The molecule has 2 aromatic heterocycles. The molecule has 35 heavy (non-hydrogen) atoms. The summed E-state index contributed by atoms with van der Waals surface area (Å²) < 4.78 is 12.4. The summed E-state index contributed by atoms with van der Waals surface area (Å²) in [4.78, 5) is 33.8. The lowest BCUT2D eigenvalue weighted by Gasteiger charge is -2.39. The number of nitrogens with zero attached hydrogens (tertiary/aromatic N) is 5. The molecule has 2 amide bonds. The van der Waals surface area contributed by atoms with E-state index in [0.717, 1.165) is 17.4 Å². The maximum absolute atomic E-state index is 13.3. The van der Waals surface area contributed by atoms with Crippen LogP contribution in [0, 0.1) is 0 Å². The molecular formula is C25H28ClN5O4. The van der Waals surface area contributed by atoms with Crippen molar-refractivity contribution >= 4 is 34.5 Å². The van der Waals surface area contributed by atoms with Gasteiger partial charge in [-0.05, 0) is 31.5 Å². The van der Waals surface area contributed by atoms with Crippen LogP contribution in [0.1, 0.15) is 36.7 Å². The number of fused-ring (bicyclic) bond motifs is 1. The lowest BCUT2D eigenvalue weighted by atomic mass is 10.1. The van der Waals surface area contributed by atoms with E-state index in [2.05, 4.69) is 5.10 Å². The largest absolute Gasteiger partial charge is 0.449 e. The fourth-order valence-corrected chi connectivity index (χ4v) is 4.64. The van der Waals surface area contributed by atoms with Crippen molar-refractivity contribution in [3.05, 3.63) is 47.2 Å². The zero-order chi connectivity index (χ0) is 24.5. The van der Waals surface area contributed by atoms with E-state index in [-0.39, 0.29) is 24.1 Å². The zero-order valence-corrected chi connectivity index (χ0v) is 20.6. The molecule has 2 aliphatic rings. The molecule has 2 saturated heterocycles. The summed E-state index contributed by atoms with van der Waals surface area (Å²) in [7, 11) is 0. The van der Waals surface area contributed by atoms with E-state index in [1.54, 1.807) is 28.1 Å². The van der Waals surface area contributed by atoms with Gasteiger partial charge in [0.05, 0.1) is 48.3 Å². The first-order valence-electron chi connectivity index (χ1n) is 11.9. The second kappa shape index (κ2) is 9.83. The molecule has 0 N–H and O–H groups in total. The number of amides is 2. The smallest absolute Gasteiger partial charge is 0.410 e. The monoisotopic (exact) mass is 497 g/mol. The number of hydrogen-bond donors (Lipinski definition) is 0. The third kappa shape index (κ3) is 4.70. The van der Waals surface area contributed by atoms with Crippen LogP contribution in [0.4, 0.5) is 4.79 Å². The van der Waals surface area contributed by atoms with Gasteiger partial charge in [-0.25, -0.2) is 9.78 Å². The highest BCUT2D eigenvalue weighted by molar-refractivity contribution is 6.35. The number of aromatic nitrogens is 3. The molecule has 0 bridgehead atoms. The number of hydrogen-bond acceptors (Lipinski definition) is 6. The molecule has 3 aromatic rings. The zero-order valence-electron chi connectivity index (χ0n) is 19.8. The van der Waals surface area contributed by atoms with Gasteiger partial charge in [0, 0.05) is 48.4 Å². The Hall–Kier alpha value is -3.17. The summed E-state index contributed by atoms with van der Waals surface area (Å²) in [5.74, 6) is -0.0959. The number of rotatable bonds is 5. The second-order valence-electron chi connectivity index (χ2n) is 9.03. The van der Waals surface area contributed by atoms with Crippen molar-refractivity contribution in [2.75, 3.05) is 39.5 Å². The van der Waals surface area contributed by atoms with E-state index < -0.39 is 0 Å². The van der Waals surface area contributed by atoms with Crippen molar-refractivity contribution in [3.63, 3.8) is 0 Å². The van der Waals surface area contributed by atoms with Gasteiger partial charge >= 0.3 is 6.09 Å². The number of halogens is 1. The third-order valence-electron chi connectivity index (χ3n) is 6.48. The fourth-order valence-electron chi connectivity index (χ4n) is 4.38. The second-order valence-corrected chi connectivity index (χ2v) is 9.44. The molecule has 1 atom stereocenters. The van der Waals surface area contributed by atoms with Crippen LogP contribution < -0.4 is 0 Å². The fraction of sp³-hybridized carbons (Fsp3) is 0.440. The average molecular weight is 498 g/mol. The van der Waals surface area contributed by atoms with Crippen LogP contribution in [0.25, 0.3) is 22.2 Å². The Morgan fingerprint density at radius 2 is 2.06 bits per heavy atom. The van der Waals surface area contributed by atoms with Crippen molar-refractivity contribution in [1.82, 2.24) is 24.6 Å². The molecule has 10 heteroatoms. The Balaban J connectivity index is 1.34. The van der Waals surface area contributed by atoms with Gasteiger partial charge in [0.2, 0.25) is 0 Å². The Morgan fingerprint density at radius 3 is 2.77 bits per heavy atom.